The summed E-state index contributed by atoms with van der Waals surface area (Å²) in [6, 6.07) is 5.11. The van der Waals surface area contributed by atoms with Crippen LogP contribution in [-0.2, 0) is 9.84 Å². The Kier molecular flexibility index (Phi) is 3.68. The highest BCUT2D eigenvalue weighted by Gasteiger charge is 2.29. The Balaban J connectivity index is 1.98. The number of carbonyl (C=O) groups is 1. The molecule has 1 aromatic carbocycles. The zero-order valence-corrected chi connectivity index (χ0v) is 13.4. The van der Waals surface area contributed by atoms with Gasteiger partial charge in [-0.15, -0.1) is 0 Å². The number of fused-ring (bicyclic) bond motifs is 1. The average molecular weight is 322 g/mol. The van der Waals surface area contributed by atoms with Crippen LogP contribution in [0.3, 0.4) is 0 Å². The molecule has 1 atom stereocenters. The fraction of sp³-hybridized carbons (Fsp3) is 0.467. The molecule has 3 rings (SSSR count). The smallest absolute Gasteiger partial charge is 0.256 e. The number of oxazole rings is 1. The summed E-state index contributed by atoms with van der Waals surface area (Å²) < 4.78 is 29.0. The van der Waals surface area contributed by atoms with E-state index in [4.69, 9.17) is 4.42 Å². The van der Waals surface area contributed by atoms with Crippen LogP contribution in [0.1, 0.15) is 29.6 Å². The van der Waals surface area contributed by atoms with E-state index < -0.39 is 9.84 Å². The van der Waals surface area contributed by atoms with E-state index in [1.54, 1.807) is 30.0 Å². The third-order valence-corrected chi connectivity index (χ3v) is 5.70. The second kappa shape index (κ2) is 5.39. The molecule has 6 nitrogen and oxygen atoms in total. The van der Waals surface area contributed by atoms with Gasteiger partial charge in [-0.3, -0.25) is 4.79 Å². The quantitative estimate of drug-likeness (QED) is 0.799. The predicted molar refractivity (Wildman–Crippen MR) is 82.5 cm³/mol. The van der Waals surface area contributed by atoms with Gasteiger partial charge < -0.3 is 9.32 Å². The molecule has 1 aliphatic rings. The summed E-state index contributed by atoms with van der Waals surface area (Å²) in [4.78, 5) is 18.7. The molecule has 22 heavy (non-hydrogen) atoms. The molecule has 2 heterocycles. The van der Waals surface area contributed by atoms with Crippen molar-refractivity contribution in [3.63, 3.8) is 0 Å². The molecule has 2 aromatic rings. The zero-order valence-electron chi connectivity index (χ0n) is 12.6. The maximum absolute atomic E-state index is 12.8. The summed E-state index contributed by atoms with van der Waals surface area (Å²) in [5.74, 6) is 0.451. The van der Waals surface area contributed by atoms with Gasteiger partial charge in [0.25, 0.3) is 5.91 Å². The van der Waals surface area contributed by atoms with Gasteiger partial charge in [-0.1, -0.05) is 6.07 Å². The van der Waals surface area contributed by atoms with Gasteiger partial charge in [0.15, 0.2) is 21.3 Å². The Hall–Kier alpha value is -1.89. The Labute approximate surface area is 129 Å². The van der Waals surface area contributed by atoms with Crippen LogP contribution in [0.5, 0.6) is 0 Å². The first kappa shape index (κ1) is 15.0. The first-order chi connectivity index (χ1) is 10.4. The largest absolute Gasteiger partial charge is 0.441 e. The van der Waals surface area contributed by atoms with Crippen LogP contribution in [0.25, 0.3) is 11.1 Å². The van der Waals surface area contributed by atoms with Crippen molar-refractivity contribution in [2.24, 2.45) is 0 Å². The van der Waals surface area contributed by atoms with Crippen molar-refractivity contribution < 1.29 is 17.6 Å². The van der Waals surface area contributed by atoms with Crippen molar-refractivity contribution in [1.82, 2.24) is 9.88 Å². The third-order valence-electron chi connectivity index (χ3n) is 4.04. The molecule has 1 saturated heterocycles. The predicted octanol–water partition coefficient (Wildman–Crippen LogP) is 1.79. The first-order valence-electron chi connectivity index (χ1n) is 7.25. The van der Waals surface area contributed by atoms with Crippen molar-refractivity contribution in [3.05, 3.63) is 29.7 Å². The molecule has 0 radical (unpaired) electrons. The molecule has 0 bridgehead atoms. The minimum atomic E-state index is -3.07. The summed E-state index contributed by atoms with van der Waals surface area (Å²) in [5.41, 5.74) is 1.56. The van der Waals surface area contributed by atoms with Crippen LogP contribution in [0.15, 0.2) is 22.6 Å². The van der Waals surface area contributed by atoms with E-state index >= 15 is 0 Å². The number of amides is 1. The van der Waals surface area contributed by atoms with Gasteiger partial charge in [0.1, 0.15) is 5.52 Å². The minimum absolute atomic E-state index is 0.0108. The number of benzene rings is 1. The van der Waals surface area contributed by atoms with Gasteiger partial charge in [-0.05, 0) is 25.5 Å². The third kappa shape index (κ3) is 2.72. The van der Waals surface area contributed by atoms with Crippen molar-refractivity contribution in [3.8, 4) is 0 Å². The van der Waals surface area contributed by atoms with Crippen LogP contribution in [0.4, 0.5) is 0 Å². The lowest BCUT2D eigenvalue weighted by Crippen LogP contribution is -2.39. The zero-order chi connectivity index (χ0) is 15.9. The van der Waals surface area contributed by atoms with E-state index in [1.165, 1.54) is 0 Å². The number of aryl methyl sites for hydroxylation is 1. The monoisotopic (exact) mass is 322 g/mol. The maximum Gasteiger partial charge on any atom is 0.256 e. The number of aromatic nitrogens is 1. The van der Waals surface area contributed by atoms with E-state index in [0.29, 0.717) is 29.0 Å². The van der Waals surface area contributed by atoms with Gasteiger partial charge in [-0.2, -0.15) is 0 Å². The molecule has 0 saturated carbocycles. The highest BCUT2D eigenvalue weighted by atomic mass is 32.2. The van der Waals surface area contributed by atoms with Gasteiger partial charge in [0, 0.05) is 19.5 Å². The number of sulfone groups is 1. The molecule has 1 fully saturated rings. The fourth-order valence-corrected chi connectivity index (χ4v) is 4.13. The molecule has 1 aromatic heterocycles. The highest BCUT2D eigenvalue weighted by molar-refractivity contribution is 7.91. The van der Waals surface area contributed by atoms with E-state index in [0.717, 1.165) is 0 Å². The Bertz CT molecular complexity index is 825. The normalized spacial score (nSPS) is 21.7. The lowest BCUT2D eigenvalue weighted by Gasteiger charge is -2.26. The molecule has 0 aliphatic carbocycles. The molecular formula is C15H18N2O4S. The van der Waals surface area contributed by atoms with Gasteiger partial charge >= 0.3 is 0 Å². The van der Waals surface area contributed by atoms with E-state index in [-0.39, 0.29) is 30.0 Å². The standard InChI is InChI=1S/C15H18N2O4S/c1-10-6-8-22(19,20)9-7-17(10)15(18)12-4-3-5-13-14(12)16-11(2)21-13/h3-5,10H,6-9H2,1-2H3. The highest BCUT2D eigenvalue weighted by Crippen LogP contribution is 2.23. The van der Waals surface area contributed by atoms with Gasteiger partial charge in [0.05, 0.1) is 17.1 Å². The SMILES string of the molecule is Cc1nc2c(C(=O)N3CCS(=O)(=O)CCC3C)cccc2o1. The molecule has 118 valence electrons. The number of hydrogen-bond acceptors (Lipinski definition) is 5. The molecule has 0 spiro atoms. The van der Waals surface area contributed by atoms with Crippen molar-refractivity contribution >= 4 is 26.8 Å². The van der Waals surface area contributed by atoms with E-state index in [2.05, 4.69) is 4.98 Å². The summed E-state index contributed by atoms with van der Waals surface area (Å²) in [6.07, 6.45) is 0.460. The van der Waals surface area contributed by atoms with Crippen LogP contribution in [0, 0.1) is 6.92 Å². The molecule has 1 aliphatic heterocycles. The topological polar surface area (TPSA) is 80.5 Å². The minimum Gasteiger partial charge on any atom is -0.441 e. The van der Waals surface area contributed by atoms with Crippen LogP contribution >= 0.6 is 0 Å². The summed E-state index contributed by atoms with van der Waals surface area (Å²) >= 11 is 0. The summed E-state index contributed by atoms with van der Waals surface area (Å²) in [6.45, 7) is 3.83. The van der Waals surface area contributed by atoms with E-state index in [1.807, 2.05) is 6.92 Å². The van der Waals surface area contributed by atoms with Crippen LogP contribution < -0.4 is 0 Å². The second-order valence-electron chi connectivity index (χ2n) is 5.67. The molecule has 7 heteroatoms. The van der Waals surface area contributed by atoms with E-state index in [9.17, 15) is 13.2 Å². The maximum atomic E-state index is 12.8. The molecule has 0 N–H and O–H groups in total. The number of hydrogen-bond donors (Lipinski definition) is 0. The van der Waals surface area contributed by atoms with Crippen LogP contribution in [0.2, 0.25) is 0 Å². The Morgan fingerprint density at radius 3 is 2.91 bits per heavy atom. The molecule has 1 unspecified atom stereocenters. The summed E-state index contributed by atoms with van der Waals surface area (Å²) in [5, 5.41) is 0. The lowest BCUT2D eigenvalue weighted by molar-refractivity contribution is 0.0708. The molecule has 1 amide bonds. The first-order valence-corrected chi connectivity index (χ1v) is 9.07. The number of carbonyl (C=O) groups excluding carboxylic acids is 1. The Morgan fingerprint density at radius 1 is 1.36 bits per heavy atom. The van der Waals surface area contributed by atoms with Crippen molar-refractivity contribution in [1.29, 1.82) is 0 Å². The fourth-order valence-electron chi connectivity index (χ4n) is 2.75. The summed E-state index contributed by atoms with van der Waals surface area (Å²) in [7, 11) is -3.07. The van der Waals surface area contributed by atoms with Gasteiger partial charge in [-0.25, -0.2) is 13.4 Å². The Morgan fingerprint density at radius 2 is 2.14 bits per heavy atom. The average Bonchev–Trinajstić information content (AvgIpc) is 2.78. The lowest BCUT2D eigenvalue weighted by atomic mass is 10.1. The van der Waals surface area contributed by atoms with Gasteiger partial charge in [0.2, 0.25) is 0 Å². The van der Waals surface area contributed by atoms with Crippen LogP contribution in [-0.4, -0.2) is 48.3 Å². The van der Waals surface area contributed by atoms with Crippen molar-refractivity contribution in [2.75, 3.05) is 18.1 Å². The number of para-hydroxylation sites is 1. The number of rotatable bonds is 1. The van der Waals surface area contributed by atoms with Crippen molar-refractivity contribution in [2.45, 2.75) is 26.3 Å². The molecular weight excluding hydrogens is 304 g/mol. The second-order valence-corrected chi connectivity index (χ2v) is 7.98. The number of nitrogens with zero attached hydrogens (tertiary/aromatic N) is 2.